The van der Waals surface area contributed by atoms with Gasteiger partial charge >= 0.3 is 6.18 Å². The van der Waals surface area contributed by atoms with Crippen molar-refractivity contribution in [3.8, 4) is 0 Å². The van der Waals surface area contributed by atoms with Crippen LogP contribution in [0, 0.1) is 0 Å². The van der Waals surface area contributed by atoms with Gasteiger partial charge in [0, 0.05) is 13.0 Å². The topological polar surface area (TPSA) is 46.1 Å². The molecule has 1 fully saturated rings. The summed E-state index contributed by atoms with van der Waals surface area (Å²) in [7, 11) is -2.50. The molecule has 1 aliphatic heterocycles. The number of rotatable bonds is 5. The Bertz CT molecular complexity index is 1190. The average Bonchev–Trinajstić information content (AvgIpc) is 3.50. The highest BCUT2D eigenvalue weighted by Gasteiger charge is 2.59. The molecular formula is C25H20F3N3OPS+. The fourth-order valence-corrected chi connectivity index (χ4v) is 10.2. The minimum Gasteiger partial charge on any atom is -0.283 e. The Labute approximate surface area is 199 Å². The molecule has 0 bridgehead atoms. The number of benzene rings is 3. The number of hydrogen-bond donors (Lipinski definition) is 0. The lowest BCUT2D eigenvalue weighted by Gasteiger charge is -2.31. The predicted molar refractivity (Wildman–Crippen MR) is 131 cm³/mol. The molecule has 4 nitrogen and oxygen atoms in total. The number of aromatic nitrogens is 2. The summed E-state index contributed by atoms with van der Waals surface area (Å²) in [6.07, 6.45) is -4.08. The second kappa shape index (κ2) is 8.93. The average molecular weight is 498 g/mol. The minimum atomic E-state index is -4.59. The normalized spacial score (nSPS) is 16.7. The van der Waals surface area contributed by atoms with Crippen LogP contribution in [0.25, 0.3) is 0 Å². The van der Waals surface area contributed by atoms with E-state index in [1.165, 1.54) is 4.90 Å². The number of nitrogens with zero attached hydrogens (tertiary/aromatic N) is 3. The molecule has 0 aliphatic carbocycles. The van der Waals surface area contributed by atoms with Crippen LogP contribution < -0.4 is 20.8 Å². The van der Waals surface area contributed by atoms with Crippen molar-refractivity contribution in [3.63, 3.8) is 0 Å². The van der Waals surface area contributed by atoms with Gasteiger partial charge in [-0.15, -0.1) is 10.2 Å². The number of alkyl halides is 3. The van der Waals surface area contributed by atoms with E-state index >= 15 is 0 Å². The van der Waals surface area contributed by atoms with Crippen LogP contribution >= 0.6 is 18.6 Å². The maximum atomic E-state index is 13.9. The van der Waals surface area contributed by atoms with Gasteiger partial charge in [-0.05, 0) is 36.4 Å². The fraction of sp³-hybridized carbons (Fsp3) is 0.160. The molecule has 2 heterocycles. The molecule has 34 heavy (non-hydrogen) atoms. The lowest BCUT2D eigenvalue weighted by Crippen LogP contribution is -2.42. The summed E-state index contributed by atoms with van der Waals surface area (Å²) >= 11 is 0.411. The van der Waals surface area contributed by atoms with Gasteiger partial charge in [0.1, 0.15) is 23.2 Å². The molecule has 5 rings (SSSR count). The maximum absolute atomic E-state index is 13.9. The third-order valence-electron chi connectivity index (χ3n) is 6.02. The Morgan fingerprint density at radius 1 is 0.794 bits per heavy atom. The van der Waals surface area contributed by atoms with Crippen LogP contribution in [0.15, 0.2) is 91.0 Å². The molecule has 0 spiro atoms. The fourth-order valence-electron chi connectivity index (χ4n) is 4.63. The van der Waals surface area contributed by atoms with E-state index in [1.807, 2.05) is 54.6 Å². The first-order valence-electron chi connectivity index (χ1n) is 10.7. The lowest BCUT2D eigenvalue weighted by atomic mass is 10.3. The summed E-state index contributed by atoms with van der Waals surface area (Å²) in [5, 5.41) is 9.12. The highest BCUT2D eigenvalue weighted by molar-refractivity contribution is 7.97. The Balaban J connectivity index is 1.67. The van der Waals surface area contributed by atoms with Crippen LogP contribution in [-0.4, -0.2) is 28.3 Å². The zero-order chi connectivity index (χ0) is 23.8. The third kappa shape index (κ3) is 3.81. The van der Waals surface area contributed by atoms with Crippen LogP contribution in [-0.2, 0) is 11.0 Å². The SMILES string of the molecule is O=C1[C@H]([P+](c2ccccc2)(c2ccccc2)c2ccccc2)CCN1c1nnc(C(F)(F)F)s1. The highest BCUT2D eigenvalue weighted by atomic mass is 32.1. The lowest BCUT2D eigenvalue weighted by molar-refractivity contribution is -0.138. The Hall–Kier alpha value is -3.09. The van der Waals surface area contributed by atoms with Gasteiger partial charge in [0.25, 0.3) is 5.91 Å². The molecule has 1 atom stereocenters. The number of halogens is 3. The van der Waals surface area contributed by atoms with Gasteiger partial charge in [-0.2, -0.15) is 13.2 Å². The Morgan fingerprint density at radius 3 is 1.68 bits per heavy atom. The number of amides is 1. The summed E-state index contributed by atoms with van der Waals surface area (Å²) < 4.78 is 39.4. The zero-order valence-corrected chi connectivity index (χ0v) is 19.6. The van der Waals surface area contributed by atoms with Crippen molar-refractivity contribution >= 4 is 45.6 Å². The molecule has 1 aromatic heterocycles. The molecule has 172 valence electrons. The van der Waals surface area contributed by atoms with E-state index in [0.717, 1.165) is 15.9 Å². The van der Waals surface area contributed by atoms with E-state index in [4.69, 9.17) is 0 Å². The van der Waals surface area contributed by atoms with Gasteiger partial charge in [0.2, 0.25) is 10.1 Å². The molecule has 4 aromatic rings. The zero-order valence-electron chi connectivity index (χ0n) is 17.9. The predicted octanol–water partition coefficient (Wildman–Crippen LogP) is 4.66. The van der Waals surface area contributed by atoms with Gasteiger partial charge in [-0.1, -0.05) is 65.9 Å². The van der Waals surface area contributed by atoms with Crippen molar-refractivity contribution in [2.45, 2.75) is 18.3 Å². The second-order valence-corrected chi connectivity index (χ2v) is 12.5. The first-order valence-corrected chi connectivity index (χ1v) is 13.4. The number of hydrogen-bond acceptors (Lipinski definition) is 4. The van der Waals surface area contributed by atoms with Crippen molar-refractivity contribution in [3.05, 3.63) is 96.0 Å². The Kier molecular flexibility index (Phi) is 5.96. The molecule has 1 aliphatic rings. The molecule has 9 heteroatoms. The van der Waals surface area contributed by atoms with Crippen LogP contribution in [0.5, 0.6) is 0 Å². The summed E-state index contributed by atoms with van der Waals surface area (Å²) in [6, 6.07) is 29.9. The van der Waals surface area contributed by atoms with Gasteiger partial charge in [-0.3, -0.25) is 9.69 Å². The molecule has 1 amide bonds. The van der Waals surface area contributed by atoms with Crippen molar-refractivity contribution in [1.29, 1.82) is 0 Å². The summed E-state index contributed by atoms with van der Waals surface area (Å²) in [4.78, 5) is 15.3. The molecule has 0 saturated carbocycles. The van der Waals surface area contributed by atoms with Crippen molar-refractivity contribution in [2.24, 2.45) is 0 Å². The standard InChI is InChI=1S/C25H20F3N3OPS/c26-25(27,28)23-29-30-24(34-23)31-17-16-21(22(31)32)33(18-10-4-1-5-11-18,19-12-6-2-7-13-19)20-14-8-3-9-15-20/h1-15,21H,16-17H2/q+1/t21-/m1/s1. The number of anilines is 1. The third-order valence-corrected chi connectivity index (χ3v) is 11.8. The smallest absolute Gasteiger partial charge is 0.283 e. The van der Waals surface area contributed by atoms with E-state index in [-0.39, 0.29) is 11.0 Å². The maximum Gasteiger partial charge on any atom is 0.445 e. The van der Waals surface area contributed by atoms with E-state index < -0.39 is 24.1 Å². The quantitative estimate of drug-likeness (QED) is 0.376. The molecular weight excluding hydrogens is 478 g/mol. The van der Waals surface area contributed by atoms with E-state index in [2.05, 4.69) is 46.6 Å². The van der Waals surface area contributed by atoms with Crippen molar-refractivity contribution in [2.75, 3.05) is 11.4 Å². The first kappa shape index (κ1) is 22.7. The minimum absolute atomic E-state index is 0.00731. The van der Waals surface area contributed by atoms with Crippen LogP contribution in [0.1, 0.15) is 11.4 Å². The summed E-state index contributed by atoms with van der Waals surface area (Å²) in [5.74, 6) is -0.213. The van der Waals surface area contributed by atoms with E-state index in [0.29, 0.717) is 24.3 Å². The monoisotopic (exact) mass is 498 g/mol. The first-order chi connectivity index (χ1) is 16.4. The molecule has 0 unspecified atom stereocenters. The van der Waals surface area contributed by atoms with Gasteiger partial charge in [-0.25, -0.2) is 0 Å². The Morgan fingerprint density at radius 2 is 1.26 bits per heavy atom. The van der Waals surface area contributed by atoms with Crippen molar-refractivity contribution < 1.29 is 18.0 Å². The van der Waals surface area contributed by atoms with Crippen LogP contribution in [0.4, 0.5) is 18.3 Å². The second-order valence-electron chi connectivity index (χ2n) is 7.91. The molecule has 0 radical (unpaired) electrons. The van der Waals surface area contributed by atoms with Crippen LogP contribution in [0.3, 0.4) is 0 Å². The molecule has 0 N–H and O–H groups in total. The summed E-state index contributed by atoms with van der Waals surface area (Å²) in [5.41, 5.74) is -0.432. The largest absolute Gasteiger partial charge is 0.445 e. The molecule has 3 aromatic carbocycles. The van der Waals surface area contributed by atoms with Crippen LogP contribution in [0.2, 0.25) is 0 Å². The molecule has 1 saturated heterocycles. The van der Waals surface area contributed by atoms with Gasteiger partial charge in [0.05, 0.1) is 0 Å². The summed E-state index contributed by atoms with van der Waals surface area (Å²) in [6.45, 7) is 0.296. The van der Waals surface area contributed by atoms with Gasteiger partial charge in [0.15, 0.2) is 5.66 Å². The van der Waals surface area contributed by atoms with E-state index in [9.17, 15) is 18.0 Å². The number of carbonyl (C=O) groups is 1. The van der Waals surface area contributed by atoms with Crippen molar-refractivity contribution in [1.82, 2.24) is 10.2 Å². The number of carbonyl (C=O) groups excluding carboxylic acids is 1. The highest BCUT2D eigenvalue weighted by Crippen LogP contribution is 2.62. The van der Waals surface area contributed by atoms with Gasteiger partial charge < -0.3 is 0 Å². The van der Waals surface area contributed by atoms with E-state index in [1.54, 1.807) is 0 Å².